The summed E-state index contributed by atoms with van der Waals surface area (Å²) in [6.07, 6.45) is 0.363. The molecule has 0 aliphatic carbocycles. The number of carbonyl (C=O) groups excluding carboxylic acids is 1. The number of fused-ring (bicyclic) bond motifs is 2. The van der Waals surface area contributed by atoms with Crippen LogP contribution in [-0.2, 0) is 36.6 Å². The number of hydrogen-bond acceptors (Lipinski definition) is 6. The molecule has 9 nitrogen and oxygen atoms in total. The van der Waals surface area contributed by atoms with E-state index in [1.165, 1.54) is 22.5 Å². The molecule has 1 aromatic heterocycles. The molecule has 1 N–H and O–H groups in total. The Bertz CT molecular complexity index is 1350. The normalized spacial score (nSPS) is 15.3. The van der Waals surface area contributed by atoms with Crippen molar-refractivity contribution >= 4 is 15.9 Å². The third-order valence-corrected chi connectivity index (χ3v) is 7.65. The van der Waals surface area contributed by atoms with Gasteiger partial charge >= 0.3 is 0 Å². The number of carbonyl (C=O) groups is 1. The van der Waals surface area contributed by atoms with Gasteiger partial charge in [-0.1, -0.05) is 18.2 Å². The molecule has 0 radical (unpaired) electrons. The van der Waals surface area contributed by atoms with Crippen molar-refractivity contribution in [3.63, 3.8) is 0 Å². The zero-order valence-corrected chi connectivity index (χ0v) is 18.6. The Kier molecular flexibility index (Phi) is 5.29. The third kappa shape index (κ3) is 3.83. The van der Waals surface area contributed by atoms with Crippen molar-refractivity contribution in [2.75, 3.05) is 13.3 Å². The van der Waals surface area contributed by atoms with Crippen molar-refractivity contribution in [3.8, 4) is 11.5 Å². The summed E-state index contributed by atoms with van der Waals surface area (Å²) in [5.74, 6) is 0.0387. The highest BCUT2D eigenvalue weighted by Crippen LogP contribution is 2.32. The van der Waals surface area contributed by atoms with Crippen LogP contribution in [0.4, 0.5) is 4.39 Å². The largest absolute Gasteiger partial charge is 0.454 e. The van der Waals surface area contributed by atoms with E-state index < -0.39 is 21.7 Å². The second-order valence-electron chi connectivity index (χ2n) is 7.79. The molecule has 2 aliphatic heterocycles. The summed E-state index contributed by atoms with van der Waals surface area (Å²) in [4.78, 5) is 12.6. The lowest BCUT2D eigenvalue weighted by Gasteiger charge is -2.27. The molecule has 0 spiro atoms. The Balaban J connectivity index is 1.36. The molecule has 172 valence electrons. The van der Waals surface area contributed by atoms with E-state index in [0.717, 1.165) is 17.3 Å². The second kappa shape index (κ2) is 8.16. The zero-order valence-electron chi connectivity index (χ0n) is 17.7. The van der Waals surface area contributed by atoms with Crippen molar-refractivity contribution in [2.24, 2.45) is 7.05 Å². The molecular weight excluding hydrogens is 451 g/mol. The highest BCUT2D eigenvalue weighted by molar-refractivity contribution is 7.89. The number of halogens is 1. The molecule has 0 bridgehead atoms. The predicted molar refractivity (Wildman–Crippen MR) is 115 cm³/mol. The van der Waals surface area contributed by atoms with Crippen LogP contribution in [0.3, 0.4) is 0 Å². The van der Waals surface area contributed by atoms with Gasteiger partial charge in [0, 0.05) is 44.4 Å². The third-order valence-electron chi connectivity index (χ3n) is 5.77. The van der Waals surface area contributed by atoms with Gasteiger partial charge in [0.2, 0.25) is 16.8 Å². The van der Waals surface area contributed by atoms with Crippen molar-refractivity contribution < 1.29 is 27.1 Å². The van der Waals surface area contributed by atoms with E-state index in [4.69, 9.17) is 9.47 Å². The molecule has 0 saturated carbocycles. The van der Waals surface area contributed by atoms with E-state index in [-0.39, 0.29) is 37.0 Å². The molecule has 11 heteroatoms. The maximum Gasteiger partial charge on any atom is 0.272 e. The van der Waals surface area contributed by atoms with E-state index in [1.807, 2.05) is 6.07 Å². The molecule has 33 heavy (non-hydrogen) atoms. The highest BCUT2D eigenvalue weighted by atomic mass is 32.2. The summed E-state index contributed by atoms with van der Waals surface area (Å²) >= 11 is 0. The number of nitrogens with one attached hydrogen (secondary N) is 1. The minimum atomic E-state index is -4.07. The van der Waals surface area contributed by atoms with Crippen molar-refractivity contribution in [2.45, 2.75) is 24.4 Å². The summed E-state index contributed by atoms with van der Waals surface area (Å²) in [6.45, 7) is 0.504. The van der Waals surface area contributed by atoms with E-state index in [2.05, 4.69) is 10.4 Å². The Morgan fingerprint density at radius 2 is 1.97 bits per heavy atom. The molecule has 5 rings (SSSR count). The molecule has 2 aliphatic rings. The molecule has 0 unspecified atom stereocenters. The summed E-state index contributed by atoms with van der Waals surface area (Å²) in [7, 11) is -2.35. The maximum absolute atomic E-state index is 14.2. The van der Waals surface area contributed by atoms with Crippen LogP contribution < -0.4 is 14.8 Å². The lowest BCUT2D eigenvalue weighted by molar-refractivity contribution is 0.0943. The first-order valence-electron chi connectivity index (χ1n) is 10.3. The van der Waals surface area contributed by atoms with Crippen LogP contribution in [0.1, 0.15) is 27.3 Å². The van der Waals surface area contributed by atoms with Gasteiger partial charge in [-0.25, -0.2) is 12.8 Å². The fraction of sp³-hybridized carbons (Fsp3) is 0.273. The molecule has 3 aromatic rings. The number of hydrogen-bond donors (Lipinski definition) is 1. The summed E-state index contributed by atoms with van der Waals surface area (Å²) < 4.78 is 53.7. The fourth-order valence-corrected chi connectivity index (χ4v) is 5.54. The molecule has 0 fully saturated rings. The van der Waals surface area contributed by atoms with E-state index in [1.54, 1.807) is 23.9 Å². The van der Waals surface area contributed by atoms with E-state index >= 15 is 0 Å². The number of rotatable bonds is 5. The number of aryl methyl sites for hydroxylation is 1. The van der Waals surface area contributed by atoms with Gasteiger partial charge in [0.05, 0.1) is 0 Å². The summed E-state index contributed by atoms with van der Waals surface area (Å²) in [6, 6.07) is 10.7. The first-order chi connectivity index (χ1) is 15.8. The summed E-state index contributed by atoms with van der Waals surface area (Å²) in [5.41, 5.74) is 2.28. The first kappa shape index (κ1) is 21.4. The minimum Gasteiger partial charge on any atom is -0.454 e. The maximum atomic E-state index is 14.2. The Hall–Kier alpha value is -3.44. The van der Waals surface area contributed by atoms with Gasteiger partial charge in [0.1, 0.15) is 10.7 Å². The van der Waals surface area contributed by atoms with Crippen LogP contribution in [0.15, 0.2) is 47.4 Å². The number of sulfonamides is 1. The van der Waals surface area contributed by atoms with Crippen LogP contribution in [-0.4, -0.2) is 41.7 Å². The quantitative estimate of drug-likeness (QED) is 0.609. The number of ether oxygens (including phenoxy) is 2. The van der Waals surface area contributed by atoms with Gasteiger partial charge in [-0.2, -0.15) is 9.40 Å². The SMILES string of the molecule is Cn1nc(C(=O)NCc2ccc3c(c2)OCO3)c2c1CCN(S(=O)(=O)c1ccccc1F)C2. The number of amides is 1. The molecule has 0 saturated heterocycles. The standard InChI is InChI=1S/C22H21FN4O5S/c1-26-17-8-9-27(33(29,30)20-5-3-2-4-16(20)23)12-15(17)21(25-26)22(28)24-11-14-6-7-18-19(10-14)32-13-31-18/h2-7,10H,8-9,11-13H2,1H3,(H,24,28). The van der Waals surface area contributed by atoms with Gasteiger partial charge in [-0.05, 0) is 29.8 Å². The van der Waals surface area contributed by atoms with Crippen molar-refractivity contribution in [3.05, 3.63) is 70.8 Å². The van der Waals surface area contributed by atoms with Crippen molar-refractivity contribution in [1.82, 2.24) is 19.4 Å². The van der Waals surface area contributed by atoms with Gasteiger partial charge in [-0.15, -0.1) is 0 Å². The average molecular weight is 472 g/mol. The molecule has 3 heterocycles. The molecule has 2 aromatic carbocycles. The van der Waals surface area contributed by atoms with Gasteiger partial charge < -0.3 is 14.8 Å². The second-order valence-corrected chi connectivity index (χ2v) is 9.69. The number of aromatic nitrogens is 2. The topological polar surface area (TPSA) is 103 Å². The van der Waals surface area contributed by atoms with Crippen LogP contribution in [0.5, 0.6) is 11.5 Å². The Labute approximate surface area is 189 Å². The van der Waals surface area contributed by atoms with E-state index in [0.29, 0.717) is 23.5 Å². The van der Waals surface area contributed by atoms with E-state index in [9.17, 15) is 17.6 Å². The monoisotopic (exact) mass is 472 g/mol. The van der Waals surface area contributed by atoms with Crippen LogP contribution in [0.25, 0.3) is 0 Å². The lowest BCUT2D eigenvalue weighted by atomic mass is 10.1. The smallest absolute Gasteiger partial charge is 0.272 e. The van der Waals surface area contributed by atoms with Crippen LogP contribution in [0.2, 0.25) is 0 Å². The number of nitrogens with zero attached hydrogens (tertiary/aromatic N) is 3. The van der Waals surface area contributed by atoms with Gasteiger partial charge in [-0.3, -0.25) is 9.48 Å². The minimum absolute atomic E-state index is 0.0629. The van der Waals surface area contributed by atoms with Crippen LogP contribution >= 0.6 is 0 Å². The molecular formula is C22H21FN4O5S. The lowest BCUT2D eigenvalue weighted by Crippen LogP contribution is -2.37. The first-order valence-corrected chi connectivity index (χ1v) is 11.7. The molecule has 0 atom stereocenters. The summed E-state index contributed by atoms with van der Waals surface area (Å²) in [5, 5.41) is 7.16. The predicted octanol–water partition coefficient (Wildman–Crippen LogP) is 1.96. The number of benzene rings is 2. The van der Waals surface area contributed by atoms with Crippen molar-refractivity contribution in [1.29, 1.82) is 0 Å². The Morgan fingerprint density at radius 1 is 1.18 bits per heavy atom. The highest BCUT2D eigenvalue weighted by Gasteiger charge is 2.34. The van der Waals surface area contributed by atoms with Crippen LogP contribution in [0, 0.1) is 5.82 Å². The van der Waals surface area contributed by atoms with Gasteiger partial charge in [0.25, 0.3) is 5.91 Å². The van der Waals surface area contributed by atoms with Gasteiger partial charge in [0.15, 0.2) is 17.2 Å². The fourth-order valence-electron chi connectivity index (χ4n) is 4.07. The average Bonchev–Trinajstić information content (AvgIpc) is 3.41. The molecule has 1 amide bonds. The zero-order chi connectivity index (χ0) is 23.2. The Morgan fingerprint density at radius 3 is 2.79 bits per heavy atom.